The highest BCUT2D eigenvalue weighted by Crippen LogP contribution is 2.39. The van der Waals surface area contributed by atoms with E-state index in [2.05, 4.69) is 17.2 Å². The van der Waals surface area contributed by atoms with E-state index in [1.165, 1.54) is 18.2 Å². The number of hydrogen-bond acceptors (Lipinski definition) is 6. The van der Waals surface area contributed by atoms with Gasteiger partial charge < -0.3 is 20.5 Å². The third-order valence-electron chi connectivity index (χ3n) is 7.04. The fourth-order valence-corrected chi connectivity index (χ4v) is 5.91. The van der Waals surface area contributed by atoms with Crippen LogP contribution in [-0.2, 0) is 17.5 Å². The molecule has 0 saturated carbocycles. The Morgan fingerprint density at radius 1 is 1.26 bits per heavy atom. The number of piperidine rings is 1. The van der Waals surface area contributed by atoms with Crippen LogP contribution in [0.15, 0.2) is 42.7 Å². The Bertz CT molecular complexity index is 1330. The predicted octanol–water partition coefficient (Wildman–Crippen LogP) is 5.15. The second-order valence-corrected chi connectivity index (χ2v) is 10.6. The van der Waals surface area contributed by atoms with Crippen molar-refractivity contribution >= 4 is 23.3 Å². The Labute approximate surface area is 222 Å². The van der Waals surface area contributed by atoms with Gasteiger partial charge in [0.05, 0.1) is 29.7 Å². The van der Waals surface area contributed by atoms with Crippen molar-refractivity contribution in [2.75, 3.05) is 19.7 Å². The van der Waals surface area contributed by atoms with Gasteiger partial charge in [-0.05, 0) is 44.0 Å². The average Bonchev–Trinajstić information content (AvgIpc) is 3.52. The maximum absolute atomic E-state index is 13.4. The van der Waals surface area contributed by atoms with Crippen LogP contribution in [0.25, 0.3) is 11.1 Å². The largest absolute Gasteiger partial charge is 0.487 e. The molecule has 1 saturated heterocycles. The smallest absolute Gasteiger partial charge is 0.416 e. The van der Waals surface area contributed by atoms with Gasteiger partial charge in [0.1, 0.15) is 28.6 Å². The molecule has 1 aliphatic carbocycles. The molecule has 7 nitrogen and oxygen atoms in total. The van der Waals surface area contributed by atoms with E-state index in [9.17, 15) is 18.0 Å². The lowest BCUT2D eigenvalue weighted by Crippen LogP contribution is -2.32. The molecule has 1 amide bonds. The van der Waals surface area contributed by atoms with Crippen molar-refractivity contribution in [1.82, 2.24) is 14.9 Å². The topological polar surface area (TPSA) is 91.4 Å². The zero-order chi connectivity index (χ0) is 26.9. The molecular weight excluding hydrogens is 517 g/mol. The second kappa shape index (κ2) is 10.9. The molecule has 3 heterocycles. The normalized spacial score (nSPS) is 19.9. The molecule has 0 bridgehead atoms. The zero-order valence-electron chi connectivity index (χ0n) is 20.8. The number of nitrogens with two attached hydrogens (primary N) is 1. The number of aromatic nitrogens is 2. The molecule has 202 valence electrons. The van der Waals surface area contributed by atoms with Crippen molar-refractivity contribution in [2.45, 2.75) is 44.6 Å². The number of halogens is 3. The number of fused-ring (bicyclic) bond motifs is 1. The van der Waals surface area contributed by atoms with Crippen LogP contribution >= 0.6 is 11.3 Å². The molecule has 2 aliphatic rings. The number of imidazole rings is 1. The van der Waals surface area contributed by atoms with Gasteiger partial charge in [0, 0.05) is 17.5 Å². The van der Waals surface area contributed by atoms with E-state index in [0.717, 1.165) is 54.7 Å². The SMILES string of the molecule is CC1c2c(ncn2-c2cc(OCc3ccccc3C(F)(F)F)c(C(N)=O)s2)C=CC1OCC1CCNCC1. The first kappa shape index (κ1) is 26.5. The lowest BCUT2D eigenvalue weighted by atomic mass is 9.93. The van der Waals surface area contributed by atoms with Crippen LogP contribution in [0.3, 0.4) is 0 Å². The van der Waals surface area contributed by atoms with Crippen molar-refractivity contribution in [3.05, 3.63) is 70.1 Å². The molecule has 5 rings (SSSR count). The zero-order valence-corrected chi connectivity index (χ0v) is 21.6. The van der Waals surface area contributed by atoms with Gasteiger partial charge in [-0.1, -0.05) is 31.2 Å². The van der Waals surface area contributed by atoms with E-state index >= 15 is 0 Å². The molecule has 11 heteroatoms. The Balaban J connectivity index is 1.37. The van der Waals surface area contributed by atoms with Crippen LogP contribution in [0.1, 0.15) is 57.9 Å². The van der Waals surface area contributed by atoms with Crippen LogP contribution in [0.4, 0.5) is 13.2 Å². The van der Waals surface area contributed by atoms with Gasteiger partial charge in [-0.2, -0.15) is 13.2 Å². The fourth-order valence-electron chi connectivity index (χ4n) is 4.97. The molecule has 0 spiro atoms. The molecule has 1 aromatic carbocycles. The minimum atomic E-state index is -4.52. The summed E-state index contributed by atoms with van der Waals surface area (Å²) in [4.78, 5) is 16.8. The first-order chi connectivity index (χ1) is 18.2. The maximum atomic E-state index is 13.4. The molecule has 2 aromatic heterocycles. The van der Waals surface area contributed by atoms with Crippen LogP contribution in [0.2, 0.25) is 0 Å². The lowest BCUT2D eigenvalue weighted by Gasteiger charge is -2.29. The summed E-state index contributed by atoms with van der Waals surface area (Å²) in [5, 5.41) is 4.00. The summed E-state index contributed by atoms with van der Waals surface area (Å²) >= 11 is 1.11. The number of ether oxygens (including phenoxy) is 2. The minimum Gasteiger partial charge on any atom is -0.487 e. The Morgan fingerprint density at radius 2 is 2.03 bits per heavy atom. The third kappa shape index (κ3) is 5.50. The molecule has 3 aromatic rings. The summed E-state index contributed by atoms with van der Waals surface area (Å²) in [6.07, 6.45) is 3.18. The number of nitrogens with one attached hydrogen (secondary N) is 1. The number of carbonyl (C=O) groups excluding carboxylic acids is 1. The highest BCUT2D eigenvalue weighted by Gasteiger charge is 2.33. The number of hydrogen-bond donors (Lipinski definition) is 2. The molecule has 3 N–H and O–H groups in total. The molecule has 0 radical (unpaired) electrons. The number of benzene rings is 1. The van der Waals surface area contributed by atoms with E-state index in [4.69, 9.17) is 15.2 Å². The number of amides is 1. The lowest BCUT2D eigenvalue weighted by molar-refractivity contribution is -0.138. The monoisotopic (exact) mass is 546 g/mol. The van der Waals surface area contributed by atoms with Gasteiger partial charge in [0.15, 0.2) is 0 Å². The van der Waals surface area contributed by atoms with Crippen molar-refractivity contribution in [2.24, 2.45) is 11.7 Å². The van der Waals surface area contributed by atoms with E-state index in [1.54, 1.807) is 12.4 Å². The number of primary amides is 1. The molecule has 2 atom stereocenters. The molecular formula is C27H29F3N4O3S. The highest BCUT2D eigenvalue weighted by molar-refractivity contribution is 7.16. The first-order valence-corrected chi connectivity index (χ1v) is 13.3. The standard InChI is InChI=1S/C27H29F3N4O3S/c1-16-21(36-13-17-8-10-32-11-9-17)7-6-20-24(16)34(15-33-20)23-12-22(25(38-23)26(31)35)37-14-18-4-2-3-5-19(18)27(28,29)30/h2-7,12,15-17,21,32H,8-11,13-14H2,1H3,(H2,31,35). The van der Waals surface area contributed by atoms with E-state index < -0.39 is 17.6 Å². The van der Waals surface area contributed by atoms with Crippen LogP contribution in [-0.4, -0.2) is 41.3 Å². The first-order valence-electron chi connectivity index (χ1n) is 12.5. The number of rotatable bonds is 8. The summed E-state index contributed by atoms with van der Waals surface area (Å²) in [6, 6.07) is 6.81. The third-order valence-corrected chi connectivity index (χ3v) is 8.17. The van der Waals surface area contributed by atoms with Gasteiger partial charge in [-0.15, -0.1) is 11.3 Å². The van der Waals surface area contributed by atoms with Crippen molar-refractivity contribution in [3.63, 3.8) is 0 Å². The fraction of sp³-hybridized carbons (Fsp3) is 0.407. The summed E-state index contributed by atoms with van der Waals surface area (Å²) < 4.78 is 54.1. The molecule has 1 aliphatic heterocycles. The van der Waals surface area contributed by atoms with E-state index in [1.807, 2.05) is 16.7 Å². The Kier molecular flexibility index (Phi) is 7.60. The van der Waals surface area contributed by atoms with Crippen molar-refractivity contribution in [1.29, 1.82) is 0 Å². The van der Waals surface area contributed by atoms with Crippen LogP contribution in [0.5, 0.6) is 5.75 Å². The summed E-state index contributed by atoms with van der Waals surface area (Å²) in [6.45, 7) is 4.41. The number of alkyl halides is 3. The van der Waals surface area contributed by atoms with E-state index in [-0.39, 0.29) is 34.8 Å². The number of thiophene rings is 1. The van der Waals surface area contributed by atoms with Crippen molar-refractivity contribution < 1.29 is 27.4 Å². The Hall–Kier alpha value is -3.15. The second-order valence-electron chi connectivity index (χ2n) is 9.61. The van der Waals surface area contributed by atoms with Gasteiger partial charge in [-0.25, -0.2) is 4.98 Å². The predicted molar refractivity (Wildman–Crippen MR) is 139 cm³/mol. The van der Waals surface area contributed by atoms with E-state index in [0.29, 0.717) is 17.5 Å². The number of nitrogens with zero attached hydrogens (tertiary/aromatic N) is 2. The summed E-state index contributed by atoms with van der Waals surface area (Å²) in [7, 11) is 0. The van der Waals surface area contributed by atoms with Crippen molar-refractivity contribution in [3.8, 4) is 10.8 Å². The highest BCUT2D eigenvalue weighted by atomic mass is 32.1. The molecule has 1 fully saturated rings. The van der Waals surface area contributed by atoms with Gasteiger partial charge in [0.25, 0.3) is 5.91 Å². The van der Waals surface area contributed by atoms with Crippen LogP contribution in [0, 0.1) is 5.92 Å². The minimum absolute atomic E-state index is 0.0126. The maximum Gasteiger partial charge on any atom is 0.416 e. The quantitative estimate of drug-likeness (QED) is 0.408. The van der Waals surface area contributed by atoms with Gasteiger partial charge in [0.2, 0.25) is 0 Å². The summed E-state index contributed by atoms with van der Waals surface area (Å²) in [5.74, 6) is -0.0674. The Morgan fingerprint density at radius 3 is 2.76 bits per heavy atom. The van der Waals surface area contributed by atoms with Gasteiger partial charge in [-0.3, -0.25) is 9.36 Å². The molecule has 2 unspecified atom stereocenters. The average molecular weight is 547 g/mol. The number of carbonyl (C=O) groups is 1. The van der Waals surface area contributed by atoms with Crippen LogP contribution < -0.4 is 15.8 Å². The summed E-state index contributed by atoms with van der Waals surface area (Å²) in [5.41, 5.74) is 6.51. The van der Waals surface area contributed by atoms with Gasteiger partial charge >= 0.3 is 6.18 Å². The molecule has 38 heavy (non-hydrogen) atoms.